The van der Waals surface area contributed by atoms with Crippen LogP contribution in [0.1, 0.15) is 12.0 Å². The van der Waals surface area contributed by atoms with Crippen LogP contribution in [-0.4, -0.2) is 17.1 Å². The fourth-order valence-corrected chi connectivity index (χ4v) is 1.66. The normalized spacial score (nSPS) is 21.0. The van der Waals surface area contributed by atoms with Crippen molar-refractivity contribution in [1.82, 2.24) is 0 Å². The molecule has 0 N–H and O–H groups in total. The van der Waals surface area contributed by atoms with Gasteiger partial charge in [-0.1, -0.05) is 51.4 Å². The van der Waals surface area contributed by atoms with E-state index in [1.54, 1.807) is 0 Å². The summed E-state index contributed by atoms with van der Waals surface area (Å²) in [6.07, 6.45) is 1.10. The second-order valence-corrected chi connectivity index (χ2v) is 3.64. The third kappa shape index (κ3) is 1.91. The van der Waals surface area contributed by atoms with Crippen LogP contribution in [0, 0.1) is 0 Å². The second kappa shape index (κ2) is 3.92. The zero-order valence-electron chi connectivity index (χ0n) is 7.11. The average molecular weight is 240 g/mol. The Morgan fingerprint density at radius 2 is 2.15 bits per heavy atom. The lowest BCUT2D eigenvalue weighted by Crippen LogP contribution is -2.09. The van der Waals surface area contributed by atoms with Gasteiger partial charge in [0.05, 0.1) is 5.71 Å². The minimum Gasteiger partial charge on any atom is -0.391 e. The molecule has 68 valence electrons. The van der Waals surface area contributed by atoms with E-state index in [4.69, 9.17) is 4.84 Å². The third-order valence-corrected chi connectivity index (χ3v) is 2.73. The highest BCUT2D eigenvalue weighted by atomic mass is 79.9. The van der Waals surface area contributed by atoms with E-state index in [9.17, 15) is 0 Å². The molecule has 1 aromatic rings. The maximum atomic E-state index is 5.21. The van der Waals surface area contributed by atoms with Crippen molar-refractivity contribution < 1.29 is 4.84 Å². The van der Waals surface area contributed by atoms with Gasteiger partial charge in [0.1, 0.15) is 6.10 Å². The predicted molar refractivity (Wildman–Crippen MR) is 56.3 cm³/mol. The number of hydrogen-bond donors (Lipinski definition) is 0. The van der Waals surface area contributed by atoms with E-state index in [0.717, 1.165) is 23.0 Å². The summed E-state index contributed by atoms with van der Waals surface area (Å²) in [5.74, 6) is 0. The number of benzene rings is 1. The van der Waals surface area contributed by atoms with Gasteiger partial charge in [-0.25, -0.2) is 0 Å². The summed E-state index contributed by atoms with van der Waals surface area (Å²) in [7, 11) is 0. The molecule has 0 spiro atoms. The van der Waals surface area contributed by atoms with Crippen molar-refractivity contribution in [2.24, 2.45) is 5.16 Å². The topological polar surface area (TPSA) is 21.6 Å². The molecule has 13 heavy (non-hydrogen) atoms. The highest BCUT2D eigenvalue weighted by Gasteiger charge is 2.20. The molecule has 0 aliphatic carbocycles. The van der Waals surface area contributed by atoms with Crippen LogP contribution in [0.5, 0.6) is 0 Å². The zero-order valence-corrected chi connectivity index (χ0v) is 8.70. The Morgan fingerprint density at radius 3 is 2.77 bits per heavy atom. The molecule has 0 bridgehead atoms. The largest absolute Gasteiger partial charge is 0.391 e. The molecule has 1 atom stereocenters. The molecule has 0 fully saturated rings. The number of rotatable bonds is 2. The summed E-state index contributed by atoms with van der Waals surface area (Å²) < 4.78 is 0. The van der Waals surface area contributed by atoms with Gasteiger partial charge in [0.15, 0.2) is 0 Å². The molecule has 2 nitrogen and oxygen atoms in total. The van der Waals surface area contributed by atoms with Crippen LogP contribution in [-0.2, 0) is 4.84 Å². The molecule has 0 saturated carbocycles. The Balaban J connectivity index is 2.12. The maximum absolute atomic E-state index is 5.21. The third-order valence-electron chi connectivity index (χ3n) is 2.01. The Hall–Kier alpha value is -0.830. The first-order valence-electron chi connectivity index (χ1n) is 4.24. The Bertz CT molecular complexity index is 310. The van der Waals surface area contributed by atoms with E-state index in [1.165, 1.54) is 0 Å². The first-order valence-corrected chi connectivity index (χ1v) is 5.36. The van der Waals surface area contributed by atoms with Crippen molar-refractivity contribution in [1.29, 1.82) is 0 Å². The van der Waals surface area contributed by atoms with Gasteiger partial charge in [-0.2, -0.15) is 0 Å². The predicted octanol–water partition coefficient (Wildman–Crippen LogP) is 2.57. The van der Waals surface area contributed by atoms with Crippen LogP contribution in [0.3, 0.4) is 0 Å². The van der Waals surface area contributed by atoms with E-state index < -0.39 is 0 Å². The Labute approximate surface area is 85.7 Å². The minimum atomic E-state index is 0.204. The van der Waals surface area contributed by atoms with Gasteiger partial charge in [-0.3, -0.25) is 0 Å². The van der Waals surface area contributed by atoms with E-state index in [2.05, 4.69) is 33.2 Å². The van der Waals surface area contributed by atoms with Crippen LogP contribution >= 0.6 is 15.9 Å². The number of nitrogens with zero attached hydrogens (tertiary/aromatic N) is 1. The van der Waals surface area contributed by atoms with Gasteiger partial charge in [-0.15, -0.1) is 0 Å². The fraction of sp³-hybridized carbons (Fsp3) is 0.300. The number of hydrogen-bond acceptors (Lipinski definition) is 2. The molecule has 2 rings (SSSR count). The number of oxime groups is 1. The lowest BCUT2D eigenvalue weighted by Gasteiger charge is -2.00. The number of halogens is 1. The SMILES string of the molecule is BrC[C@@H]1CC(c2ccccc2)=NO1. The van der Waals surface area contributed by atoms with E-state index in [0.29, 0.717) is 0 Å². The van der Waals surface area contributed by atoms with Crippen molar-refractivity contribution in [2.45, 2.75) is 12.5 Å². The molecular weight excluding hydrogens is 230 g/mol. The summed E-state index contributed by atoms with van der Waals surface area (Å²) in [5, 5.41) is 4.88. The maximum Gasteiger partial charge on any atom is 0.142 e. The zero-order chi connectivity index (χ0) is 9.10. The standard InChI is InChI=1S/C10H10BrNO/c11-7-9-6-10(12-13-9)8-4-2-1-3-5-8/h1-5,9H,6-7H2/t9-/m0/s1. The summed E-state index contributed by atoms with van der Waals surface area (Å²) in [6.45, 7) is 0. The second-order valence-electron chi connectivity index (χ2n) is 2.99. The summed E-state index contributed by atoms with van der Waals surface area (Å²) in [5.41, 5.74) is 2.20. The van der Waals surface area contributed by atoms with E-state index >= 15 is 0 Å². The quantitative estimate of drug-likeness (QED) is 0.728. The molecule has 1 aromatic carbocycles. The molecule has 0 aromatic heterocycles. The average Bonchev–Trinajstić information content (AvgIpc) is 2.67. The van der Waals surface area contributed by atoms with Gasteiger partial charge in [0, 0.05) is 11.8 Å². The van der Waals surface area contributed by atoms with E-state index in [1.807, 2.05) is 18.2 Å². The van der Waals surface area contributed by atoms with Crippen LogP contribution in [0.25, 0.3) is 0 Å². The monoisotopic (exact) mass is 239 g/mol. The van der Waals surface area contributed by atoms with Gasteiger partial charge in [0.25, 0.3) is 0 Å². The van der Waals surface area contributed by atoms with Crippen LogP contribution in [0.4, 0.5) is 0 Å². The smallest absolute Gasteiger partial charge is 0.142 e. The lowest BCUT2D eigenvalue weighted by atomic mass is 10.1. The molecular formula is C10H10BrNO. The first kappa shape index (κ1) is 8.75. The highest BCUT2D eigenvalue weighted by Crippen LogP contribution is 2.17. The summed E-state index contributed by atoms with van der Waals surface area (Å²) in [6, 6.07) is 10.1. The van der Waals surface area contributed by atoms with Crippen LogP contribution in [0.15, 0.2) is 35.5 Å². The summed E-state index contributed by atoms with van der Waals surface area (Å²) >= 11 is 3.38. The first-order chi connectivity index (χ1) is 6.40. The van der Waals surface area contributed by atoms with Gasteiger partial charge < -0.3 is 4.84 Å². The summed E-state index contributed by atoms with van der Waals surface area (Å²) in [4.78, 5) is 5.21. The lowest BCUT2D eigenvalue weighted by molar-refractivity contribution is 0.104. The molecule has 1 aliphatic rings. The van der Waals surface area contributed by atoms with Crippen molar-refractivity contribution in [3.63, 3.8) is 0 Å². The molecule has 1 heterocycles. The Kier molecular flexibility index (Phi) is 2.64. The molecule has 0 saturated heterocycles. The van der Waals surface area contributed by atoms with Crippen LogP contribution in [0.2, 0.25) is 0 Å². The van der Waals surface area contributed by atoms with Gasteiger partial charge >= 0.3 is 0 Å². The molecule has 0 unspecified atom stereocenters. The Morgan fingerprint density at radius 1 is 1.38 bits per heavy atom. The van der Waals surface area contributed by atoms with Crippen molar-refractivity contribution >= 4 is 21.6 Å². The van der Waals surface area contributed by atoms with Crippen molar-refractivity contribution in [3.8, 4) is 0 Å². The van der Waals surface area contributed by atoms with Gasteiger partial charge in [0.2, 0.25) is 0 Å². The molecule has 3 heteroatoms. The highest BCUT2D eigenvalue weighted by molar-refractivity contribution is 9.09. The minimum absolute atomic E-state index is 0.204. The van der Waals surface area contributed by atoms with Gasteiger partial charge in [-0.05, 0) is 5.56 Å². The fourth-order valence-electron chi connectivity index (χ4n) is 1.31. The van der Waals surface area contributed by atoms with E-state index in [-0.39, 0.29) is 6.10 Å². The van der Waals surface area contributed by atoms with Crippen LogP contribution < -0.4 is 0 Å². The molecule has 1 aliphatic heterocycles. The molecule has 0 radical (unpaired) electrons. The van der Waals surface area contributed by atoms with Crippen molar-refractivity contribution in [2.75, 3.05) is 5.33 Å². The number of alkyl halides is 1. The van der Waals surface area contributed by atoms with Crippen molar-refractivity contribution in [3.05, 3.63) is 35.9 Å². The molecule has 0 amide bonds.